The fourth-order valence-electron chi connectivity index (χ4n) is 1.48. The average Bonchev–Trinajstić information content (AvgIpc) is 2.25. The van der Waals surface area contributed by atoms with Crippen molar-refractivity contribution in [1.82, 2.24) is 0 Å². The lowest BCUT2D eigenvalue weighted by Crippen LogP contribution is -2.05. The van der Waals surface area contributed by atoms with Gasteiger partial charge in [-0.05, 0) is 25.0 Å². The molecule has 3 nitrogen and oxygen atoms in total. The quantitative estimate of drug-likeness (QED) is 0.809. The minimum absolute atomic E-state index is 0.339. The third-order valence-electron chi connectivity index (χ3n) is 2.18. The first-order chi connectivity index (χ1) is 7.20. The highest BCUT2D eigenvalue weighted by molar-refractivity contribution is 5.90. The zero-order valence-electron chi connectivity index (χ0n) is 9.12. The van der Waals surface area contributed by atoms with Crippen molar-refractivity contribution < 1.29 is 14.6 Å². The highest BCUT2D eigenvalue weighted by atomic mass is 16.5. The van der Waals surface area contributed by atoms with Crippen LogP contribution in [-0.2, 0) is 6.42 Å². The van der Waals surface area contributed by atoms with Gasteiger partial charge >= 0.3 is 5.97 Å². The Morgan fingerprint density at radius 3 is 2.67 bits per heavy atom. The Morgan fingerprint density at radius 2 is 2.13 bits per heavy atom. The van der Waals surface area contributed by atoms with Crippen LogP contribution in [0, 0.1) is 0 Å². The molecule has 82 valence electrons. The lowest BCUT2D eigenvalue weighted by Gasteiger charge is -2.11. The molecule has 0 atom stereocenters. The molecule has 0 radical (unpaired) electrons. The number of rotatable bonds is 5. The van der Waals surface area contributed by atoms with E-state index in [0.717, 1.165) is 12.0 Å². The van der Waals surface area contributed by atoms with E-state index < -0.39 is 5.97 Å². The Morgan fingerprint density at radius 1 is 1.40 bits per heavy atom. The van der Waals surface area contributed by atoms with Gasteiger partial charge in [0.1, 0.15) is 5.75 Å². The summed E-state index contributed by atoms with van der Waals surface area (Å²) < 4.78 is 5.50. The number of aromatic carboxylic acids is 1. The van der Waals surface area contributed by atoms with Gasteiger partial charge in [0.2, 0.25) is 0 Å². The van der Waals surface area contributed by atoms with Crippen molar-refractivity contribution in [2.45, 2.75) is 26.7 Å². The van der Waals surface area contributed by atoms with Crippen LogP contribution in [0.2, 0.25) is 0 Å². The van der Waals surface area contributed by atoms with Crippen molar-refractivity contribution in [3.63, 3.8) is 0 Å². The summed E-state index contributed by atoms with van der Waals surface area (Å²) >= 11 is 0. The highest BCUT2D eigenvalue weighted by Gasteiger charge is 2.12. The van der Waals surface area contributed by atoms with Gasteiger partial charge in [0.15, 0.2) is 0 Å². The van der Waals surface area contributed by atoms with Gasteiger partial charge < -0.3 is 9.84 Å². The SMILES string of the molecule is CCCOc1cccc(C(=O)O)c1CC. The van der Waals surface area contributed by atoms with Crippen LogP contribution in [0.4, 0.5) is 0 Å². The minimum Gasteiger partial charge on any atom is -0.493 e. The number of carboxylic acids is 1. The zero-order chi connectivity index (χ0) is 11.3. The molecule has 0 bridgehead atoms. The van der Waals surface area contributed by atoms with Gasteiger partial charge in [-0.25, -0.2) is 4.79 Å². The van der Waals surface area contributed by atoms with Gasteiger partial charge in [0, 0.05) is 5.56 Å². The predicted octanol–water partition coefficient (Wildman–Crippen LogP) is 2.74. The molecule has 0 amide bonds. The van der Waals surface area contributed by atoms with Crippen molar-refractivity contribution >= 4 is 5.97 Å². The van der Waals surface area contributed by atoms with E-state index in [1.807, 2.05) is 19.9 Å². The zero-order valence-corrected chi connectivity index (χ0v) is 9.12. The van der Waals surface area contributed by atoms with Gasteiger partial charge in [-0.15, -0.1) is 0 Å². The lowest BCUT2D eigenvalue weighted by atomic mass is 10.0. The number of hydrogen-bond donors (Lipinski definition) is 1. The molecule has 0 heterocycles. The molecular weight excluding hydrogens is 192 g/mol. The molecule has 0 saturated heterocycles. The first kappa shape index (κ1) is 11.6. The van der Waals surface area contributed by atoms with E-state index in [-0.39, 0.29) is 0 Å². The van der Waals surface area contributed by atoms with E-state index in [1.165, 1.54) is 0 Å². The van der Waals surface area contributed by atoms with Gasteiger partial charge in [-0.2, -0.15) is 0 Å². The molecule has 0 aliphatic rings. The Hall–Kier alpha value is -1.51. The summed E-state index contributed by atoms with van der Waals surface area (Å²) in [5.74, 6) is -0.201. The maximum Gasteiger partial charge on any atom is 0.336 e. The Bertz CT molecular complexity index is 345. The Labute approximate surface area is 89.7 Å². The third-order valence-corrected chi connectivity index (χ3v) is 2.18. The summed E-state index contributed by atoms with van der Waals surface area (Å²) in [4.78, 5) is 11.0. The predicted molar refractivity (Wildman–Crippen MR) is 58.6 cm³/mol. The summed E-state index contributed by atoms with van der Waals surface area (Å²) in [5.41, 5.74) is 1.12. The van der Waals surface area contributed by atoms with E-state index in [9.17, 15) is 4.79 Å². The van der Waals surface area contributed by atoms with Crippen molar-refractivity contribution in [2.75, 3.05) is 6.61 Å². The van der Waals surface area contributed by atoms with Crippen LogP contribution < -0.4 is 4.74 Å². The van der Waals surface area contributed by atoms with Gasteiger partial charge in [-0.1, -0.05) is 19.9 Å². The van der Waals surface area contributed by atoms with E-state index in [4.69, 9.17) is 9.84 Å². The van der Waals surface area contributed by atoms with Crippen molar-refractivity contribution in [1.29, 1.82) is 0 Å². The second-order valence-electron chi connectivity index (χ2n) is 3.29. The van der Waals surface area contributed by atoms with Crippen LogP contribution in [0.25, 0.3) is 0 Å². The Balaban J connectivity index is 3.04. The van der Waals surface area contributed by atoms with E-state index in [1.54, 1.807) is 12.1 Å². The fourth-order valence-corrected chi connectivity index (χ4v) is 1.48. The standard InChI is InChI=1S/C12H16O3/c1-3-8-15-11-7-5-6-10(12(13)14)9(11)4-2/h5-7H,3-4,8H2,1-2H3,(H,13,14). The summed E-state index contributed by atoms with van der Waals surface area (Å²) in [7, 11) is 0. The smallest absolute Gasteiger partial charge is 0.336 e. The molecular formula is C12H16O3. The fraction of sp³-hybridized carbons (Fsp3) is 0.417. The minimum atomic E-state index is -0.895. The monoisotopic (exact) mass is 208 g/mol. The van der Waals surface area contributed by atoms with Crippen molar-refractivity contribution in [2.24, 2.45) is 0 Å². The lowest BCUT2D eigenvalue weighted by molar-refractivity contribution is 0.0695. The molecule has 1 N–H and O–H groups in total. The van der Waals surface area contributed by atoms with Gasteiger partial charge in [0.25, 0.3) is 0 Å². The summed E-state index contributed by atoms with van der Waals surface area (Å²) in [6, 6.07) is 5.15. The number of carboxylic acid groups (broad SMARTS) is 1. The number of hydrogen-bond acceptors (Lipinski definition) is 2. The van der Waals surface area contributed by atoms with Crippen LogP contribution in [0.3, 0.4) is 0 Å². The largest absolute Gasteiger partial charge is 0.493 e. The van der Waals surface area contributed by atoms with E-state index >= 15 is 0 Å². The van der Waals surface area contributed by atoms with Crippen LogP contribution in [0.1, 0.15) is 36.2 Å². The van der Waals surface area contributed by atoms with Gasteiger partial charge in [-0.3, -0.25) is 0 Å². The Kier molecular flexibility index (Phi) is 4.16. The van der Waals surface area contributed by atoms with Crippen LogP contribution in [-0.4, -0.2) is 17.7 Å². The number of benzene rings is 1. The van der Waals surface area contributed by atoms with Gasteiger partial charge in [0.05, 0.1) is 12.2 Å². The summed E-state index contributed by atoms with van der Waals surface area (Å²) in [6.07, 6.45) is 1.59. The maximum atomic E-state index is 11.0. The van der Waals surface area contributed by atoms with Crippen LogP contribution in [0.5, 0.6) is 5.75 Å². The number of ether oxygens (including phenoxy) is 1. The topological polar surface area (TPSA) is 46.5 Å². The second kappa shape index (κ2) is 5.39. The normalized spacial score (nSPS) is 10.0. The van der Waals surface area contributed by atoms with E-state index in [2.05, 4.69) is 0 Å². The maximum absolute atomic E-state index is 11.0. The molecule has 0 saturated carbocycles. The van der Waals surface area contributed by atoms with Crippen LogP contribution >= 0.6 is 0 Å². The summed E-state index contributed by atoms with van der Waals surface area (Å²) in [6.45, 7) is 4.57. The molecule has 0 unspecified atom stereocenters. The van der Waals surface area contributed by atoms with Crippen LogP contribution in [0.15, 0.2) is 18.2 Å². The van der Waals surface area contributed by atoms with E-state index in [0.29, 0.717) is 24.3 Å². The molecule has 15 heavy (non-hydrogen) atoms. The molecule has 0 aliphatic carbocycles. The molecule has 0 aliphatic heterocycles. The first-order valence-electron chi connectivity index (χ1n) is 5.18. The molecule has 0 fully saturated rings. The third kappa shape index (κ3) is 2.72. The molecule has 1 aromatic rings. The summed E-state index contributed by atoms with van der Waals surface area (Å²) in [5, 5.41) is 8.99. The number of carbonyl (C=O) groups is 1. The molecule has 0 aromatic heterocycles. The van der Waals surface area contributed by atoms with Crippen molar-refractivity contribution in [3.8, 4) is 5.75 Å². The molecule has 1 aromatic carbocycles. The second-order valence-corrected chi connectivity index (χ2v) is 3.29. The molecule has 3 heteroatoms. The molecule has 1 rings (SSSR count). The first-order valence-corrected chi connectivity index (χ1v) is 5.18. The highest BCUT2D eigenvalue weighted by Crippen LogP contribution is 2.23. The molecule has 0 spiro atoms. The average molecular weight is 208 g/mol. The van der Waals surface area contributed by atoms with Crippen molar-refractivity contribution in [3.05, 3.63) is 29.3 Å².